The second kappa shape index (κ2) is 16.9. The van der Waals surface area contributed by atoms with Crippen molar-refractivity contribution >= 4 is 11.9 Å². The number of halogens is 4. The van der Waals surface area contributed by atoms with Crippen LogP contribution in [0.4, 0.5) is 17.6 Å². The third-order valence-corrected chi connectivity index (χ3v) is 9.75. The van der Waals surface area contributed by atoms with E-state index in [1.165, 1.54) is 12.4 Å². The van der Waals surface area contributed by atoms with Gasteiger partial charge in [0.05, 0.1) is 0 Å². The fourth-order valence-corrected chi connectivity index (χ4v) is 6.47. The number of hydrogen-bond acceptors (Lipinski definition) is 6. The molecule has 0 bridgehead atoms. The molecule has 4 heterocycles. The lowest BCUT2D eigenvalue weighted by molar-refractivity contribution is -0.152. The zero-order chi connectivity index (χ0) is 36.8. The molecule has 10 nitrogen and oxygen atoms in total. The molecule has 0 aliphatic carbocycles. The first kappa shape index (κ1) is 39.9. The van der Waals surface area contributed by atoms with Crippen molar-refractivity contribution in [2.24, 2.45) is 17.8 Å². The maximum absolute atomic E-state index is 14.3. The van der Waals surface area contributed by atoms with Gasteiger partial charge in [-0.1, -0.05) is 41.5 Å². The summed E-state index contributed by atoms with van der Waals surface area (Å²) in [6, 6.07) is 1.21. The van der Waals surface area contributed by atoms with Crippen molar-refractivity contribution in [2.75, 3.05) is 39.3 Å². The maximum atomic E-state index is 14.3. The van der Waals surface area contributed by atoms with Crippen LogP contribution in [-0.4, -0.2) is 92.7 Å². The number of carboxylic acids is 2. The fourth-order valence-electron chi connectivity index (χ4n) is 6.47. The largest absolute Gasteiger partial charge is 0.480 e. The zero-order valence-electron chi connectivity index (χ0n) is 29.2. The van der Waals surface area contributed by atoms with E-state index in [0.717, 1.165) is 21.3 Å². The number of likely N-dealkylation sites (tertiary alicyclic amines) is 2. The molecule has 274 valence electrons. The molecule has 2 aromatic rings. The van der Waals surface area contributed by atoms with Crippen molar-refractivity contribution in [3.63, 3.8) is 0 Å². The van der Waals surface area contributed by atoms with Crippen LogP contribution in [0.1, 0.15) is 71.6 Å². The van der Waals surface area contributed by atoms with Crippen molar-refractivity contribution in [1.29, 1.82) is 0 Å². The summed E-state index contributed by atoms with van der Waals surface area (Å²) in [6.45, 7) is 13.5. The van der Waals surface area contributed by atoms with Gasteiger partial charge in [0.1, 0.15) is 23.9 Å². The number of aromatic nitrogens is 2. The Morgan fingerprint density at radius 1 is 0.837 bits per heavy atom. The van der Waals surface area contributed by atoms with E-state index in [9.17, 15) is 47.0 Å². The number of hydrogen-bond donors (Lipinski definition) is 2. The van der Waals surface area contributed by atoms with Crippen LogP contribution in [0.25, 0.3) is 0 Å². The van der Waals surface area contributed by atoms with Gasteiger partial charge >= 0.3 is 11.9 Å². The quantitative estimate of drug-likeness (QED) is 0.261. The summed E-state index contributed by atoms with van der Waals surface area (Å²) in [7, 11) is 0. The minimum absolute atomic E-state index is 0.00718. The minimum Gasteiger partial charge on any atom is -0.480 e. The topological polar surface area (TPSA) is 125 Å². The van der Waals surface area contributed by atoms with Gasteiger partial charge in [-0.3, -0.25) is 28.5 Å². The lowest BCUT2D eigenvalue weighted by Gasteiger charge is -2.39. The van der Waals surface area contributed by atoms with Crippen LogP contribution in [0, 0.1) is 29.4 Å². The first-order chi connectivity index (χ1) is 22.9. The van der Waals surface area contributed by atoms with Crippen molar-refractivity contribution in [3.05, 3.63) is 68.0 Å². The molecule has 2 aromatic heterocycles. The van der Waals surface area contributed by atoms with Gasteiger partial charge < -0.3 is 10.2 Å². The first-order valence-electron chi connectivity index (χ1n) is 16.9. The van der Waals surface area contributed by atoms with Gasteiger partial charge in [-0.15, -0.1) is 0 Å². The molecule has 3 atom stereocenters. The molecular weight excluding hydrogens is 648 g/mol. The highest BCUT2D eigenvalue weighted by atomic mass is 19.1. The predicted octanol–water partition coefficient (Wildman–Crippen LogP) is 4.52. The molecule has 2 aliphatic heterocycles. The van der Waals surface area contributed by atoms with E-state index in [1.54, 1.807) is 13.8 Å². The number of nitrogens with zero attached hydrogens (tertiary/aromatic N) is 4. The van der Waals surface area contributed by atoms with Crippen LogP contribution >= 0.6 is 0 Å². The second-order valence-electron chi connectivity index (χ2n) is 14.1. The molecule has 0 spiro atoms. The normalized spacial score (nSPS) is 18.3. The molecule has 2 aliphatic rings. The summed E-state index contributed by atoms with van der Waals surface area (Å²) in [5.74, 6) is -4.53. The Balaban J connectivity index is 0.000000267. The van der Waals surface area contributed by atoms with Gasteiger partial charge in [0.25, 0.3) is 11.1 Å². The van der Waals surface area contributed by atoms with Crippen molar-refractivity contribution < 1.29 is 37.4 Å². The SMILES string of the molecule is CC(C)CC(C(=O)O)n1cc(CCN2CC(F)C2)cc(F)c1=O.CCC(C(=O)O)(C(C)C(C)C)n1cc(CCN2CC(F)C2)cc(F)c1=O. The Bertz CT molecular complexity index is 1570. The summed E-state index contributed by atoms with van der Waals surface area (Å²) in [5.41, 5.74) is -2.27. The maximum Gasteiger partial charge on any atom is 0.330 e. The van der Waals surface area contributed by atoms with Gasteiger partial charge in [-0.2, -0.15) is 0 Å². The van der Waals surface area contributed by atoms with Crippen LogP contribution in [0.3, 0.4) is 0 Å². The van der Waals surface area contributed by atoms with Crippen LogP contribution in [0.2, 0.25) is 0 Å². The Morgan fingerprint density at radius 3 is 1.69 bits per heavy atom. The lowest BCUT2D eigenvalue weighted by Crippen LogP contribution is -2.53. The van der Waals surface area contributed by atoms with Crippen LogP contribution in [0.15, 0.2) is 34.1 Å². The second-order valence-corrected chi connectivity index (χ2v) is 14.1. The van der Waals surface area contributed by atoms with E-state index < -0.39 is 58.6 Å². The molecule has 49 heavy (non-hydrogen) atoms. The highest BCUT2D eigenvalue weighted by Gasteiger charge is 2.46. The van der Waals surface area contributed by atoms with Crippen molar-refractivity contribution in [2.45, 2.75) is 91.1 Å². The third kappa shape index (κ3) is 9.59. The number of alkyl halides is 2. The van der Waals surface area contributed by atoms with E-state index >= 15 is 0 Å². The van der Waals surface area contributed by atoms with E-state index in [4.69, 9.17) is 0 Å². The summed E-state index contributed by atoms with van der Waals surface area (Å²) in [6.07, 6.45) is 2.55. The fraction of sp³-hybridized carbons (Fsp3) is 0.657. The average molecular weight is 699 g/mol. The predicted molar refractivity (Wildman–Crippen MR) is 177 cm³/mol. The van der Waals surface area contributed by atoms with E-state index in [-0.39, 0.29) is 30.6 Å². The van der Waals surface area contributed by atoms with E-state index in [1.807, 2.05) is 37.5 Å². The summed E-state index contributed by atoms with van der Waals surface area (Å²) in [5, 5.41) is 19.3. The Kier molecular flexibility index (Phi) is 13.8. The molecule has 3 unspecified atom stereocenters. The molecular formula is C35H50F4N4O6. The number of carbonyl (C=O) groups is 2. The molecule has 0 radical (unpaired) electrons. The van der Waals surface area contributed by atoms with Gasteiger partial charge in [-0.05, 0) is 66.7 Å². The van der Waals surface area contributed by atoms with Crippen molar-refractivity contribution in [1.82, 2.24) is 18.9 Å². The van der Waals surface area contributed by atoms with Gasteiger partial charge in [-0.25, -0.2) is 27.2 Å². The lowest BCUT2D eigenvalue weighted by atomic mass is 9.76. The highest BCUT2D eigenvalue weighted by molar-refractivity contribution is 5.77. The first-order valence-corrected chi connectivity index (χ1v) is 16.9. The third-order valence-electron chi connectivity index (χ3n) is 9.75. The van der Waals surface area contributed by atoms with E-state index in [2.05, 4.69) is 0 Å². The summed E-state index contributed by atoms with van der Waals surface area (Å²) >= 11 is 0. The smallest absolute Gasteiger partial charge is 0.330 e. The standard InChI is InChI=1S/C19H28F2N2O3.C16H22F2N2O3/c1-5-19(18(25)26,13(4)12(2)3)23-9-14(8-16(21)17(23)24)6-7-22-10-15(20)11-22;1-10(2)5-14(16(22)23)20-7-11(6-13(18)15(20)21)3-4-19-8-12(17)9-19/h8-9,12-13,15H,5-7,10-11H2,1-4H3,(H,25,26);6-7,10,12,14H,3-5,8-9H2,1-2H3,(H,22,23). The monoisotopic (exact) mass is 698 g/mol. The van der Waals surface area contributed by atoms with Crippen molar-refractivity contribution in [3.8, 4) is 0 Å². The number of rotatable bonds is 15. The molecule has 4 rings (SSSR count). The van der Waals surface area contributed by atoms with Crippen LogP contribution < -0.4 is 11.1 Å². The number of carboxylic acid groups (broad SMARTS) is 2. The molecule has 0 amide bonds. The average Bonchev–Trinajstić information content (AvgIpc) is 2.99. The molecule has 0 saturated carbocycles. The minimum atomic E-state index is -1.51. The van der Waals surface area contributed by atoms with Crippen LogP contribution in [-0.2, 0) is 28.0 Å². The number of aliphatic carboxylic acids is 2. The molecule has 2 saturated heterocycles. The molecule has 14 heteroatoms. The Labute approximate surface area is 284 Å². The molecule has 0 aromatic carbocycles. The summed E-state index contributed by atoms with van der Waals surface area (Å²) < 4.78 is 55.9. The van der Waals surface area contributed by atoms with E-state index in [0.29, 0.717) is 63.2 Å². The Hall–Kier alpha value is -3.52. The highest BCUT2D eigenvalue weighted by Crippen LogP contribution is 2.35. The molecule has 2 fully saturated rings. The zero-order valence-corrected chi connectivity index (χ0v) is 29.2. The molecule has 2 N–H and O–H groups in total. The number of pyridine rings is 2. The van der Waals surface area contributed by atoms with Gasteiger partial charge in [0.15, 0.2) is 11.6 Å². The van der Waals surface area contributed by atoms with Crippen LogP contribution in [0.5, 0.6) is 0 Å². The van der Waals surface area contributed by atoms with Gasteiger partial charge in [0, 0.05) is 51.7 Å². The Morgan fingerprint density at radius 2 is 1.31 bits per heavy atom. The van der Waals surface area contributed by atoms with Gasteiger partial charge in [0.2, 0.25) is 0 Å². The summed E-state index contributed by atoms with van der Waals surface area (Å²) in [4.78, 5) is 51.9.